The summed E-state index contributed by atoms with van der Waals surface area (Å²) < 4.78 is 5.09. The Bertz CT molecular complexity index is 835. The van der Waals surface area contributed by atoms with E-state index in [4.69, 9.17) is 4.74 Å². The van der Waals surface area contributed by atoms with Crippen LogP contribution in [0.3, 0.4) is 0 Å². The van der Waals surface area contributed by atoms with Crippen LogP contribution >= 0.6 is 0 Å². The second-order valence-electron chi connectivity index (χ2n) is 6.54. The molecule has 1 atom stereocenters. The molecule has 0 saturated carbocycles. The van der Waals surface area contributed by atoms with E-state index < -0.39 is 0 Å². The molecular formula is C21H27N4O4+. The lowest BCUT2D eigenvalue weighted by Gasteiger charge is -2.17. The Morgan fingerprint density at radius 1 is 0.793 bits per heavy atom. The number of rotatable bonds is 9. The molecule has 0 aromatic heterocycles. The lowest BCUT2D eigenvalue weighted by molar-refractivity contribution is -0.881. The van der Waals surface area contributed by atoms with Gasteiger partial charge in [0.25, 0.3) is 11.8 Å². The van der Waals surface area contributed by atoms with Crippen molar-refractivity contribution < 1.29 is 24.0 Å². The van der Waals surface area contributed by atoms with Crippen LogP contribution in [0.4, 0.5) is 17.1 Å². The number of benzene rings is 2. The summed E-state index contributed by atoms with van der Waals surface area (Å²) in [6.45, 7) is 4.33. The number of nitrogens with one attached hydrogen (secondary N) is 4. The van der Waals surface area contributed by atoms with Gasteiger partial charge in [-0.15, -0.1) is 0 Å². The molecule has 0 bridgehead atoms. The molecule has 2 aromatic rings. The van der Waals surface area contributed by atoms with Crippen LogP contribution < -0.4 is 25.6 Å². The van der Waals surface area contributed by atoms with Crippen LogP contribution in [-0.4, -0.2) is 44.5 Å². The summed E-state index contributed by atoms with van der Waals surface area (Å²) in [5.41, 5.74) is 1.96. The first-order valence-corrected chi connectivity index (χ1v) is 9.34. The summed E-state index contributed by atoms with van der Waals surface area (Å²) in [5.74, 6) is 0.202. The Kier molecular flexibility index (Phi) is 8.17. The molecule has 0 aliphatic rings. The number of hydrogen-bond acceptors (Lipinski definition) is 4. The highest BCUT2D eigenvalue weighted by atomic mass is 16.5. The Morgan fingerprint density at radius 3 is 1.59 bits per heavy atom. The summed E-state index contributed by atoms with van der Waals surface area (Å²) in [7, 11) is 1.58. The van der Waals surface area contributed by atoms with Gasteiger partial charge in [-0.2, -0.15) is 0 Å². The molecule has 2 rings (SSSR count). The second-order valence-corrected chi connectivity index (χ2v) is 6.54. The number of hydrogen-bond donors (Lipinski definition) is 4. The van der Waals surface area contributed by atoms with Crippen molar-refractivity contribution in [1.29, 1.82) is 0 Å². The molecule has 4 N–H and O–H groups in total. The molecule has 2 aromatic carbocycles. The molecule has 0 saturated heterocycles. The van der Waals surface area contributed by atoms with Crippen molar-refractivity contribution >= 4 is 34.8 Å². The predicted molar refractivity (Wildman–Crippen MR) is 112 cm³/mol. The van der Waals surface area contributed by atoms with Gasteiger partial charge >= 0.3 is 0 Å². The van der Waals surface area contributed by atoms with Crippen LogP contribution in [0.15, 0.2) is 48.5 Å². The van der Waals surface area contributed by atoms with Crippen molar-refractivity contribution in [1.82, 2.24) is 0 Å². The van der Waals surface area contributed by atoms with E-state index in [0.29, 0.717) is 29.4 Å². The molecule has 0 spiro atoms. The molecule has 1 unspecified atom stereocenters. The molecule has 3 amide bonds. The van der Waals surface area contributed by atoms with Crippen molar-refractivity contribution in [2.75, 3.05) is 42.7 Å². The smallest absolute Gasteiger partial charge is 0.279 e. The Morgan fingerprint density at radius 2 is 1.21 bits per heavy atom. The van der Waals surface area contributed by atoms with E-state index in [0.717, 1.165) is 4.90 Å². The van der Waals surface area contributed by atoms with Gasteiger partial charge in [0, 0.05) is 24.0 Å². The SMILES string of the molecule is CC[NH+](CC(=O)Nc1ccc(NC(C)=O)cc1)CC(=O)Nc1ccc(OC)cc1. The molecular weight excluding hydrogens is 372 g/mol. The van der Waals surface area contributed by atoms with Gasteiger partial charge in [-0.25, -0.2) is 0 Å². The van der Waals surface area contributed by atoms with E-state index in [-0.39, 0.29) is 30.8 Å². The van der Waals surface area contributed by atoms with Gasteiger partial charge in [0.2, 0.25) is 5.91 Å². The number of carbonyl (C=O) groups excluding carboxylic acids is 3. The normalized spacial score (nSPS) is 11.3. The summed E-state index contributed by atoms with van der Waals surface area (Å²) in [4.78, 5) is 36.5. The quantitative estimate of drug-likeness (QED) is 0.508. The number of carbonyl (C=O) groups is 3. The van der Waals surface area contributed by atoms with Crippen LogP contribution in [0.2, 0.25) is 0 Å². The van der Waals surface area contributed by atoms with Crippen LogP contribution in [0.1, 0.15) is 13.8 Å². The fourth-order valence-corrected chi connectivity index (χ4v) is 2.69. The van der Waals surface area contributed by atoms with Crippen LogP contribution in [0.5, 0.6) is 5.75 Å². The van der Waals surface area contributed by atoms with Crippen molar-refractivity contribution in [2.24, 2.45) is 0 Å². The van der Waals surface area contributed by atoms with Gasteiger partial charge in [-0.05, 0) is 55.5 Å². The zero-order valence-electron chi connectivity index (χ0n) is 16.9. The van der Waals surface area contributed by atoms with Crippen LogP contribution in [0, 0.1) is 0 Å². The number of quaternary nitrogens is 1. The number of amides is 3. The summed E-state index contributed by atoms with van der Waals surface area (Å²) >= 11 is 0. The third-order valence-corrected chi connectivity index (χ3v) is 4.18. The molecule has 8 heteroatoms. The molecule has 8 nitrogen and oxygen atoms in total. The second kappa shape index (κ2) is 10.8. The van der Waals surface area contributed by atoms with Crippen molar-refractivity contribution in [2.45, 2.75) is 13.8 Å². The van der Waals surface area contributed by atoms with E-state index >= 15 is 0 Å². The first kappa shape index (κ1) is 21.9. The number of methoxy groups -OCH3 is 1. The summed E-state index contributed by atoms with van der Waals surface area (Å²) in [5, 5.41) is 8.29. The van der Waals surface area contributed by atoms with Gasteiger partial charge in [0.1, 0.15) is 5.75 Å². The molecule has 0 radical (unpaired) electrons. The van der Waals surface area contributed by atoms with E-state index in [9.17, 15) is 14.4 Å². The molecule has 0 aliphatic heterocycles. The van der Waals surface area contributed by atoms with Crippen molar-refractivity contribution in [3.63, 3.8) is 0 Å². The Balaban J connectivity index is 1.83. The molecule has 0 heterocycles. The lowest BCUT2D eigenvalue weighted by atomic mass is 10.2. The maximum absolute atomic E-state index is 12.3. The minimum absolute atomic E-state index is 0.156. The summed E-state index contributed by atoms with van der Waals surface area (Å²) in [6.07, 6.45) is 0. The van der Waals surface area contributed by atoms with Gasteiger partial charge in [-0.3, -0.25) is 14.4 Å². The maximum atomic E-state index is 12.3. The highest BCUT2D eigenvalue weighted by Gasteiger charge is 2.17. The van der Waals surface area contributed by atoms with Crippen molar-refractivity contribution in [3.05, 3.63) is 48.5 Å². The maximum Gasteiger partial charge on any atom is 0.279 e. The standard InChI is InChI=1S/C21H26N4O4/c1-4-25(14-21(28)24-18-9-11-19(29-3)12-10-18)13-20(27)23-17-7-5-16(6-8-17)22-15(2)26/h5-12H,4,13-14H2,1-3H3,(H,22,26)(H,23,27)(H,24,28)/p+1. The zero-order valence-corrected chi connectivity index (χ0v) is 16.9. The average molecular weight is 399 g/mol. The number of ether oxygens (including phenoxy) is 1. The molecule has 0 aliphatic carbocycles. The average Bonchev–Trinajstić information content (AvgIpc) is 2.69. The number of likely N-dealkylation sites (N-methyl/N-ethyl adjacent to an activating group) is 1. The van der Waals surface area contributed by atoms with E-state index in [1.807, 2.05) is 6.92 Å². The third kappa shape index (κ3) is 7.63. The van der Waals surface area contributed by atoms with Gasteiger partial charge < -0.3 is 25.6 Å². The van der Waals surface area contributed by atoms with Gasteiger partial charge in [0.15, 0.2) is 13.1 Å². The Hall–Kier alpha value is -3.39. The monoisotopic (exact) mass is 399 g/mol. The van der Waals surface area contributed by atoms with E-state index in [1.54, 1.807) is 55.6 Å². The predicted octanol–water partition coefficient (Wildman–Crippen LogP) is 1.14. The Labute approximate surface area is 170 Å². The van der Waals surface area contributed by atoms with E-state index in [2.05, 4.69) is 16.0 Å². The van der Waals surface area contributed by atoms with E-state index in [1.165, 1.54) is 6.92 Å². The van der Waals surface area contributed by atoms with Crippen molar-refractivity contribution in [3.8, 4) is 5.75 Å². The lowest BCUT2D eigenvalue weighted by Crippen LogP contribution is -3.13. The van der Waals surface area contributed by atoms with Gasteiger partial charge in [-0.1, -0.05) is 0 Å². The van der Waals surface area contributed by atoms with Gasteiger partial charge in [0.05, 0.1) is 13.7 Å². The third-order valence-electron chi connectivity index (χ3n) is 4.18. The minimum Gasteiger partial charge on any atom is -0.497 e. The topological polar surface area (TPSA) is 101 Å². The molecule has 0 fully saturated rings. The number of anilines is 3. The van der Waals surface area contributed by atoms with Crippen LogP contribution in [0.25, 0.3) is 0 Å². The largest absolute Gasteiger partial charge is 0.497 e. The first-order valence-electron chi connectivity index (χ1n) is 9.34. The highest BCUT2D eigenvalue weighted by molar-refractivity contribution is 5.93. The fourth-order valence-electron chi connectivity index (χ4n) is 2.69. The van der Waals surface area contributed by atoms with Crippen LogP contribution in [-0.2, 0) is 14.4 Å². The first-order chi connectivity index (χ1) is 13.9. The molecule has 154 valence electrons. The summed E-state index contributed by atoms with van der Waals surface area (Å²) in [6, 6.07) is 13.9. The highest BCUT2D eigenvalue weighted by Crippen LogP contribution is 2.15. The molecule has 29 heavy (non-hydrogen) atoms. The zero-order chi connectivity index (χ0) is 21.2. The minimum atomic E-state index is -0.189. The fraction of sp³-hybridized carbons (Fsp3) is 0.286.